The molecule has 0 saturated heterocycles. The van der Waals surface area contributed by atoms with Crippen molar-refractivity contribution in [3.05, 3.63) is 40.3 Å². The van der Waals surface area contributed by atoms with Gasteiger partial charge < -0.3 is 10.3 Å². The molecule has 0 aliphatic heterocycles. The van der Waals surface area contributed by atoms with Gasteiger partial charge in [-0.15, -0.1) is 11.3 Å². The molecule has 0 fully saturated rings. The Bertz CT molecular complexity index is 698. The minimum Gasteiger partial charge on any atom is -0.369 e. The van der Waals surface area contributed by atoms with Crippen LogP contribution in [0.4, 0.5) is 5.95 Å². The van der Waals surface area contributed by atoms with Gasteiger partial charge >= 0.3 is 0 Å². The largest absolute Gasteiger partial charge is 0.369 e. The smallest absolute Gasteiger partial charge is 0.201 e. The van der Waals surface area contributed by atoms with Crippen molar-refractivity contribution in [3.8, 4) is 0 Å². The molecule has 18 heavy (non-hydrogen) atoms. The summed E-state index contributed by atoms with van der Waals surface area (Å²) in [6.45, 7) is 4.25. The molecule has 0 spiro atoms. The fourth-order valence-electron chi connectivity index (χ4n) is 2.18. The van der Waals surface area contributed by atoms with Gasteiger partial charge in [-0.1, -0.05) is 0 Å². The van der Waals surface area contributed by atoms with Crippen LogP contribution >= 0.6 is 11.3 Å². The molecule has 0 aliphatic rings. The van der Waals surface area contributed by atoms with E-state index >= 15 is 0 Å². The van der Waals surface area contributed by atoms with Crippen LogP contribution in [0.15, 0.2) is 30.6 Å². The van der Waals surface area contributed by atoms with Gasteiger partial charge in [0, 0.05) is 16.0 Å². The zero-order chi connectivity index (χ0) is 12.7. The van der Waals surface area contributed by atoms with Crippen LogP contribution in [0.3, 0.4) is 0 Å². The molecule has 3 aromatic heterocycles. The SMILES string of the molecule is Cc1ccc(C(C)n2c(N)nc3cnccc32)s1. The highest BCUT2D eigenvalue weighted by Crippen LogP contribution is 2.30. The Labute approximate surface area is 109 Å². The van der Waals surface area contributed by atoms with Crippen LogP contribution in [0.5, 0.6) is 0 Å². The first-order chi connectivity index (χ1) is 8.66. The molecule has 3 aromatic rings. The lowest BCUT2D eigenvalue weighted by molar-refractivity contribution is 0.680. The number of hydrogen-bond acceptors (Lipinski definition) is 4. The number of rotatable bonds is 2. The second kappa shape index (κ2) is 4.10. The van der Waals surface area contributed by atoms with Gasteiger partial charge in [-0.25, -0.2) is 4.98 Å². The molecule has 1 unspecified atom stereocenters. The molecule has 1 atom stereocenters. The second-order valence-corrected chi connectivity index (χ2v) is 5.65. The summed E-state index contributed by atoms with van der Waals surface area (Å²) >= 11 is 1.79. The Hall–Kier alpha value is -1.88. The Morgan fingerprint density at radius 1 is 1.33 bits per heavy atom. The highest BCUT2D eigenvalue weighted by atomic mass is 32.1. The van der Waals surface area contributed by atoms with Gasteiger partial charge in [0.2, 0.25) is 5.95 Å². The molecular weight excluding hydrogens is 244 g/mol. The normalized spacial score (nSPS) is 13.0. The molecule has 2 N–H and O–H groups in total. The molecule has 3 rings (SSSR count). The van der Waals surface area contributed by atoms with E-state index < -0.39 is 0 Å². The molecule has 92 valence electrons. The first-order valence-electron chi connectivity index (χ1n) is 5.80. The lowest BCUT2D eigenvalue weighted by atomic mass is 10.2. The number of imidazole rings is 1. The molecule has 0 radical (unpaired) electrons. The van der Waals surface area contributed by atoms with Crippen LogP contribution < -0.4 is 5.73 Å². The van der Waals surface area contributed by atoms with Crippen LogP contribution in [-0.2, 0) is 0 Å². The van der Waals surface area contributed by atoms with Crippen molar-refractivity contribution in [2.45, 2.75) is 19.9 Å². The predicted octanol–water partition coefficient (Wildman–Crippen LogP) is 2.99. The van der Waals surface area contributed by atoms with Gasteiger partial charge in [0.15, 0.2) is 0 Å². The quantitative estimate of drug-likeness (QED) is 0.768. The summed E-state index contributed by atoms with van der Waals surface area (Å²) < 4.78 is 2.06. The third kappa shape index (κ3) is 1.67. The van der Waals surface area contributed by atoms with E-state index in [4.69, 9.17) is 5.73 Å². The molecule has 0 aliphatic carbocycles. The monoisotopic (exact) mass is 258 g/mol. The number of hydrogen-bond donors (Lipinski definition) is 1. The summed E-state index contributed by atoms with van der Waals surface area (Å²) in [5.41, 5.74) is 7.90. The Morgan fingerprint density at radius 2 is 2.17 bits per heavy atom. The average molecular weight is 258 g/mol. The molecule has 4 nitrogen and oxygen atoms in total. The molecule has 0 amide bonds. The Morgan fingerprint density at radius 3 is 2.89 bits per heavy atom. The number of nitrogen functional groups attached to an aromatic ring is 1. The van der Waals surface area contributed by atoms with Crippen molar-refractivity contribution < 1.29 is 0 Å². The van der Waals surface area contributed by atoms with Gasteiger partial charge in [-0.2, -0.15) is 0 Å². The van der Waals surface area contributed by atoms with Crippen LogP contribution in [0.25, 0.3) is 11.0 Å². The summed E-state index contributed by atoms with van der Waals surface area (Å²) in [6.07, 6.45) is 3.51. The maximum absolute atomic E-state index is 6.03. The maximum Gasteiger partial charge on any atom is 0.201 e. The Kier molecular flexibility index (Phi) is 2.56. The number of anilines is 1. The van der Waals surface area contributed by atoms with E-state index in [1.54, 1.807) is 23.7 Å². The van der Waals surface area contributed by atoms with Crippen LogP contribution in [0.1, 0.15) is 22.7 Å². The van der Waals surface area contributed by atoms with E-state index in [1.165, 1.54) is 9.75 Å². The standard InChI is InChI=1S/C13H14N4S/c1-8-3-4-12(18-8)9(2)17-11-5-6-15-7-10(11)16-13(17)14/h3-7,9H,1-2H3,(H2,14,16). The molecular formula is C13H14N4S. The highest BCUT2D eigenvalue weighted by molar-refractivity contribution is 7.12. The van der Waals surface area contributed by atoms with Gasteiger partial charge in [0.25, 0.3) is 0 Å². The summed E-state index contributed by atoms with van der Waals surface area (Å²) in [7, 11) is 0. The van der Waals surface area contributed by atoms with Gasteiger partial charge in [-0.05, 0) is 32.0 Å². The second-order valence-electron chi connectivity index (χ2n) is 4.33. The van der Waals surface area contributed by atoms with E-state index in [9.17, 15) is 0 Å². The van der Waals surface area contributed by atoms with Gasteiger partial charge in [0.05, 0.1) is 17.8 Å². The van der Waals surface area contributed by atoms with Crippen molar-refractivity contribution in [1.82, 2.24) is 14.5 Å². The number of nitrogens with two attached hydrogens (primary N) is 1. The first kappa shape index (κ1) is 11.2. The molecule has 0 saturated carbocycles. The summed E-state index contributed by atoms with van der Waals surface area (Å²) in [5.74, 6) is 0.538. The number of aryl methyl sites for hydroxylation is 1. The maximum atomic E-state index is 6.03. The summed E-state index contributed by atoms with van der Waals surface area (Å²) in [4.78, 5) is 11.0. The van der Waals surface area contributed by atoms with Gasteiger partial charge in [0.1, 0.15) is 5.52 Å². The lowest BCUT2D eigenvalue weighted by Crippen LogP contribution is -2.08. The highest BCUT2D eigenvalue weighted by Gasteiger charge is 2.16. The zero-order valence-corrected chi connectivity index (χ0v) is 11.1. The van der Waals surface area contributed by atoms with Crippen molar-refractivity contribution in [2.24, 2.45) is 0 Å². The topological polar surface area (TPSA) is 56.7 Å². The predicted molar refractivity (Wildman–Crippen MR) is 74.8 cm³/mol. The van der Waals surface area contributed by atoms with E-state index in [-0.39, 0.29) is 6.04 Å². The minimum absolute atomic E-state index is 0.191. The van der Waals surface area contributed by atoms with Crippen molar-refractivity contribution in [2.75, 3.05) is 5.73 Å². The van der Waals surface area contributed by atoms with Crippen LogP contribution in [-0.4, -0.2) is 14.5 Å². The summed E-state index contributed by atoms with van der Waals surface area (Å²) in [5, 5.41) is 0. The number of pyridine rings is 1. The minimum atomic E-state index is 0.191. The lowest BCUT2D eigenvalue weighted by Gasteiger charge is -2.14. The Balaban J connectivity index is 2.16. The number of fused-ring (bicyclic) bond motifs is 1. The molecule has 0 aromatic carbocycles. The molecule has 3 heterocycles. The number of thiophene rings is 1. The first-order valence-corrected chi connectivity index (χ1v) is 6.62. The van der Waals surface area contributed by atoms with Crippen molar-refractivity contribution in [3.63, 3.8) is 0 Å². The third-order valence-electron chi connectivity index (χ3n) is 3.08. The van der Waals surface area contributed by atoms with Crippen molar-refractivity contribution in [1.29, 1.82) is 0 Å². The molecule has 5 heteroatoms. The average Bonchev–Trinajstić information content (AvgIpc) is 2.91. The fraction of sp³-hybridized carbons (Fsp3) is 0.231. The third-order valence-corrected chi connectivity index (χ3v) is 4.25. The fourth-order valence-corrected chi connectivity index (χ4v) is 3.10. The molecule has 0 bridgehead atoms. The van der Waals surface area contributed by atoms with E-state index in [0.717, 1.165) is 11.0 Å². The van der Waals surface area contributed by atoms with E-state index in [0.29, 0.717) is 5.95 Å². The van der Waals surface area contributed by atoms with E-state index in [1.807, 2.05) is 6.07 Å². The number of nitrogens with zero attached hydrogens (tertiary/aromatic N) is 3. The van der Waals surface area contributed by atoms with E-state index in [2.05, 4.69) is 40.5 Å². The van der Waals surface area contributed by atoms with Gasteiger partial charge in [-0.3, -0.25) is 4.98 Å². The zero-order valence-electron chi connectivity index (χ0n) is 10.3. The van der Waals surface area contributed by atoms with Crippen molar-refractivity contribution >= 4 is 28.3 Å². The van der Waals surface area contributed by atoms with Crippen LogP contribution in [0.2, 0.25) is 0 Å². The number of aromatic nitrogens is 3. The summed E-state index contributed by atoms with van der Waals surface area (Å²) in [6, 6.07) is 6.43. The van der Waals surface area contributed by atoms with Crippen LogP contribution in [0, 0.1) is 6.92 Å².